The smallest absolute Gasteiger partial charge is 0.264 e. The molecule has 0 aliphatic heterocycles. The molecule has 0 aliphatic carbocycles. The van der Waals surface area contributed by atoms with Gasteiger partial charge in [0, 0.05) is 6.54 Å². The Labute approximate surface area is 119 Å². The van der Waals surface area contributed by atoms with E-state index in [0.29, 0.717) is 30.7 Å². The largest absolute Gasteiger partial charge is 0.329 e. The molecule has 3 rings (SSSR count). The van der Waals surface area contributed by atoms with Gasteiger partial charge in [-0.25, -0.2) is 14.1 Å². The van der Waals surface area contributed by atoms with E-state index >= 15 is 0 Å². The van der Waals surface area contributed by atoms with E-state index < -0.39 is 0 Å². The van der Waals surface area contributed by atoms with Crippen LogP contribution in [0, 0.1) is 5.82 Å². The Morgan fingerprint density at radius 2 is 2.00 bits per heavy atom. The maximum absolute atomic E-state index is 12.9. The number of hydrogen-bond donors (Lipinski definition) is 1. The van der Waals surface area contributed by atoms with E-state index in [4.69, 9.17) is 5.73 Å². The van der Waals surface area contributed by atoms with Crippen LogP contribution in [0.3, 0.4) is 0 Å². The third-order valence-electron chi connectivity index (χ3n) is 3.23. The summed E-state index contributed by atoms with van der Waals surface area (Å²) in [5.74, 6) is -0.303. The molecular weight excluding hydrogens is 273 g/mol. The first-order valence-electron chi connectivity index (χ1n) is 6.54. The average Bonchev–Trinajstić information content (AvgIpc) is 2.89. The second-order valence-corrected chi connectivity index (χ2v) is 4.70. The van der Waals surface area contributed by atoms with Crippen molar-refractivity contribution in [2.75, 3.05) is 6.54 Å². The highest BCUT2D eigenvalue weighted by Gasteiger charge is 2.09. The van der Waals surface area contributed by atoms with Crippen LogP contribution >= 0.6 is 0 Å². The minimum absolute atomic E-state index is 0.174. The van der Waals surface area contributed by atoms with Crippen LogP contribution in [0.25, 0.3) is 11.0 Å². The van der Waals surface area contributed by atoms with Crippen molar-refractivity contribution < 1.29 is 4.39 Å². The van der Waals surface area contributed by atoms with Crippen LogP contribution in [0.15, 0.2) is 41.6 Å². The number of fused-ring (bicyclic) bond motifs is 1. The highest BCUT2D eigenvalue weighted by Crippen LogP contribution is 2.07. The van der Waals surface area contributed by atoms with E-state index in [2.05, 4.69) is 10.1 Å². The van der Waals surface area contributed by atoms with Crippen molar-refractivity contribution in [2.24, 2.45) is 5.73 Å². The summed E-state index contributed by atoms with van der Waals surface area (Å²) >= 11 is 0. The maximum atomic E-state index is 12.9. The van der Waals surface area contributed by atoms with Crippen LogP contribution in [0.2, 0.25) is 0 Å². The Morgan fingerprint density at radius 3 is 2.71 bits per heavy atom. The lowest BCUT2D eigenvalue weighted by atomic mass is 10.2. The fourth-order valence-electron chi connectivity index (χ4n) is 2.18. The molecule has 1 aromatic carbocycles. The van der Waals surface area contributed by atoms with Gasteiger partial charge in [0.2, 0.25) is 0 Å². The Kier molecular flexibility index (Phi) is 3.49. The number of halogens is 1. The van der Waals surface area contributed by atoms with Crippen LogP contribution in [-0.2, 0) is 13.1 Å². The number of nitrogens with two attached hydrogens (primary N) is 1. The van der Waals surface area contributed by atoms with E-state index in [1.54, 1.807) is 16.8 Å². The van der Waals surface area contributed by atoms with Gasteiger partial charge < -0.3 is 5.73 Å². The first-order valence-corrected chi connectivity index (χ1v) is 6.54. The summed E-state index contributed by atoms with van der Waals surface area (Å²) in [4.78, 5) is 16.6. The predicted octanol–water partition coefficient (Wildman–Crippen LogP) is 0.739. The van der Waals surface area contributed by atoms with Crippen molar-refractivity contribution in [3.63, 3.8) is 0 Å². The molecule has 3 aromatic rings. The zero-order chi connectivity index (χ0) is 14.8. The van der Waals surface area contributed by atoms with Crippen molar-refractivity contribution >= 4 is 11.0 Å². The molecule has 2 N–H and O–H groups in total. The number of rotatable bonds is 4. The second-order valence-electron chi connectivity index (χ2n) is 4.70. The van der Waals surface area contributed by atoms with E-state index in [1.165, 1.54) is 29.2 Å². The molecule has 0 amide bonds. The molecule has 0 spiro atoms. The van der Waals surface area contributed by atoms with Crippen molar-refractivity contribution in [1.29, 1.82) is 0 Å². The fourth-order valence-corrected chi connectivity index (χ4v) is 2.18. The highest BCUT2D eigenvalue weighted by atomic mass is 19.1. The summed E-state index contributed by atoms with van der Waals surface area (Å²) in [5, 5.41) is 4.57. The topological polar surface area (TPSA) is 78.7 Å². The van der Waals surface area contributed by atoms with Crippen LogP contribution in [0.5, 0.6) is 0 Å². The molecule has 7 heteroatoms. The average molecular weight is 287 g/mol. The van der Waals surface area contributed by atoms with Crippen molar-refractivity contribution in [2.45, 2.75) is 13.1 Å². The lowest BCUT2D eigenvalue weighted by Crippen LogP contribution is -2.21. The van der Waals surface area contributed by atoms with Gasteiger partial charge in [-0.15, -0.1) is 0 Å². The third kappa shape index (κ3) is 2.55. The van der Waals surface area contributed by atoms with Gasteiger partial charge in [-0.2, -0.15) is 5.10 Å². The number of aromatic nitrogens is 4. The van der Waals surface area contributed by atoms with Crippen molar-refractivity contribution in [3.8, 4) is 0 Å². The molecule has 0 unspecified atom stereocenters. The van der Waals surface area contributed by atoms with E-state index in [9.17, 15) is 9.18 Å². The van der Waals surface area contributed by atoms with Crippen molar-refractivity contribution in [1.82, 2.24) is 19.3 Å². The Hall–Kier alpha value is -2.54. The molecule has 0 saturated heterocycles. The molecule has 0 fully saturated rings. The monoisotopic (exact) mass is 287 g/mol. The summed E-state index contributed by atoms with van der Waals surface area (Å²) < 4.78 is 16.0. The van der Waals surface area contributed by atoms with Crippen LogP contribution in [0.1, 0.15) is 5.56 Å². The molecular formula is C14H14FN5O. The summed E-state index contributed by atoms with van der Waals surface area (Å²) in [6.45, 7) is 1.28. The summed E-state index contributed by atoms with van der Waals surface area (Å²) in [7, 11) is 0. The van der Waals surface area contributed by atoms with Gasteiger partial charge >= 0.3 is 0 Å². The van der Waals surface area contributed by atoms with E-state index in [1.807, 2.05) is 0 Å². The van der Waals surface area contributed by atoms with E-state index in [-0.39, 0.29) is 11.4 Å². The van der Waals surface area contributed by atoms with Gasteiger partial charge in [0.1, 0.15) is 17.5 Å². The summed E-state index contributed by atoms with van der Waals surface area (Å²) in [5.41, 5.74) is 6.67. The van der Waals surface area contributed by atoms with Gasteiger partial charge in [0.25, 0.3) is 5.56 Å². The lowest BCUT2D eigenvalue weighted by Gasteiger charge is -2.06. The Balaban J connectivity index is 1.98. The fraction of sp³-hybridized carbons (Fsp3) is 0.214. The van der Waals surface area contributed by atoms with Crippen LogP contribution < -0.4 is 11.3 Å². The Bertz CT molecular complexity index is 821. The minimum Gasteiger partial charge on any atom is -0.329 e. The first-order chi connectivity index (χ1) is 10.2. The van der Waals surface area contributed by atoms with Crippen molar-refractivity contribution in [3.05, 3.63) is 58.5 Å². The molecule has 2 aromatic heterocycles. The summed E-state index contributed by atoms with van der Waals surface area (Å²) in [6.07, 6.45) is 2.98. The normalized spacial score (nSPS) is 11.1. The standard InChI is InChI=1S/C14H14FN5O/c15-11-3-1-10(2-4-11)8-19-9-17-13-12(14(19)21)7-18-20(13)6-5-16/h1-4,7,9H,5-6,8,16H2. The van der Waals surface area contributed by atoms with Crippen LogP contribution in [0.4, 0.5) is 4.39 Å². The van der Waals surface area contributed by atoms with Gasteiger partial charge in [0.05, 0.1) is 19.3 Å². The number of benzene rings is 1. The minimum atomic E-state index is -0.303. The molecule has 0 saturated carbocycles. The zero-order valence-electron chi connectivity index (χ0n) is 11.2. The molecule has 0 bridgehead atoms. The van der Waals surface area contributed by atoms with Gasteiger partial charge in [-0.3, -0.25) is 9.36 Å². The first kappa shape index (κ1) is 13.4. The number of hydrogen-bond acceptors (Lipinski definition) is 4. The molecule has 2 heterocycles. The zero-order valence-corrected chi connectivity index (χ0v) is 11.2. The SMILES string of the molecule is NCCn1ncc2c(=O)n(Cc3ccc(F)cc3)cnc21. The van der Waals surface area contributed by atoms with Gasteiger partial charge in [-0.1, -0.05) is 12.1 Å². The Morgan fingerprint density at radius 1 is 1.24 bits per heavy atom. The van der Waals surface area contributed by atoms with Gasteiger partial charge in [-0.05, 0) is 17.7 Å². The lowest BCUT2D eigenvalue weighted by molar-refractivity contribution is 0.625. The number of nitrogens with zero attached hydrogens (tertiary/aromatic N) is 4. The molecule has 6 nitrogen and oxygen atoms in total. The highest BCUT2D eigenvalue weighted by molar-refractivity contribution is 5.72. The maximum Gasteiger partial charge on any atom is 0.264 e. The quantitative estimate of drug-likeness (QED) is 0.767. The molecule has 21 heavy (non-hydrogen) atoms. The van der Waals surface area contributed by atoms with E-state index in [0.717, 1.165) is 5.56 Å². The predicted molar refractivity (Wildman–Crippen MR) is 76.3 cm³/mol. The molecule has 0 aliphatic rings. The molecule has 0 atom stereocenters. The molecule has 0 radical (unpaired) electrons. The van der Waals surface area contributed by atoms with Crippen LogP contribution in [-0.4, -0.2) is 25.9 Å². The third-order valence-corrected chi connectivity index (χ3v) is 3.23. The summed E-state index contributed by atoms with van der Waals surface area (Å²) in [6, 6.07) is 6.02. The second kappa shape index (κ2) is 5.45. The van der Waals surface area contributed by atoms with Gasteiger partial charge in [0.15, 0.2) is 5.65 Å². The molecule has 108 valence electrons.